The van der Waals surface area contributed by atoms with Crippen molar-refractivity contribution in [3.8, 4) is 0 Å². The largest absolute Gasteiger partial charge is 0.394 e. The van der Waals surface area contributed by atoms with Crippen molar-refractivity contribution in [2.45, 2.75) is 19.9 Å². The lowest BCUT2D eigenvalue weighted by Gasteiger charge is -2.21. The molecule has 2 N–H and O–H groups in total. The van der Waals surface area contributed by atoms with Gasteiger partial charge >= 0.3 is 0 Å². The van der Waals surface area contributed by atoms with Crippen LogP contribution in [0.3, 0.4) is 0 Å². The number of rotatable bonds is 4. The Kier molecular flexibility index (Phi) is 3.89. The highest BCUT2D eigenvalue weighted by atomic mass is 16.3. The first-order valence-corrected chi connectivity index (χ1v) is 4.91. The van der Waals surface area contributed by atoms with Crippen molar-refractivity contribution >= 4 is 5.91 Å². The standard InChI is InChI=1S/C11H17NO2/c1-8(2)10(7-13)12-11(14)9-5-3-4-6-9/h3-6,8-10,13H,7H2,1-2H3,(H,12,14)/t10-/m1/s1. The van der Waals surface area contributed by atoms with Crippen molar-refractivity contribution in [2.24, 2.45) is 11.8 Å². The van der Waals surface area contributed by atoms with Crippen LogP contribution in [-0.2, 0) is 4.79 Å². The van der Waals surface area contributed by atoms with E-state index in [0.29, 0.717) is 0 Å². The van der Waals surface area contributed by atoms with Gasteiger partial charge in [0.05, 0.1) is 18.6 Å². The Hall–Kier alpha value is -1.09. The molecule has 0 aromatic carbocycles. The van der Waals surface area contributed by atoms with Crippen molar-refractivity contribution in [3.63, 3.8) is 0 Å². The van der Waals surface area contributed by atoms with Gasteiger partial charge in [-0.15, -0.1) is 0 Å². The molecule has 1 aliphatic carbocycles. The minimum Gasteiger partial charge on any atom is -0.394 e. The molecule has 1 amide bonds. The Bertz CT molecular complexity index is 244. The van der Waals surface area contributed by atoms with Crippen LogP contribution in [0.15, 0.2) is 24.3 Å². The van der Waals surface area contributed by atoms with Crippen molar-refractivity contribution < 1.29 is 9.90 Å². The minimum atomic E-state index is -0.164. The number of aliphatic hydroxyl groups is 1. The zero-order valence-corrected chi connectivity index (χ0v) is 8.60. The van der Waals surface area contributed by atoms with Gasteiger partial charge in [0.25, 0.3) is 0 Å². The van der Waals surface area contributed by atoms with Crippen LogP contribution in [0.2, 0.25) is 0 Å². The van der Waals surface area contributed by atoms with Gasteiger partial charge in [0.15, 0.2) is 0 Å². The molecule has 0 heterocycles. The molecule has 0 aromatic rings. The van der Waals surface area contributed by atoms with Crippen molar-refractivity contribution in [3.05, 3.63) is 24.3 Å². The van der Waals surface area contributed by atoms with Gasteiger partial charge in [-0.2, -0.15) is 0 Å². The second-order valence-corrected chi connectivity index (χ2v) is 3.84. The third kappa shape index (κ3) is 2.70. The first kappa shape index (κ1) is 11.0. The topological polar surface area (TPSA) is 49.3 Å². The van der Waals surface area contributed by atoms with E-state index < -0.39 is 0 Å². The summed E-state index contributed by atoms with van der Waals surface area (Å²) in [6, 6.07) is -0.148. The average molecular weight is 195 g/mol. The van der Waals surface area contributed by atoms with Crippen LogP contribution < -0.4 is 5.32 Å². The Labute approximate surface area is 84.5 Å². The molecule has 1 atom stereocenters. The monoisotopic (exact) mass is 195 g/mol. The van der Waals surface area contributed by atoms with Gasteiger partial charge < -0.3 is 10.4 Å². The maximum absolute atomic E-state index is 11.6. The number of hydrogen-bond donors (Lipinski definition) is 2. The first-order chi connectivity index (χ1) is 6.65. The molecular formula is C11H17NO2. The van der Waals surface area contributed by atoms with Gasteiger partial charge in [0, 0.05) is 0 Å². The number of carbonyl (C=O) groups excluding carboxylic acids is 1. The maximum atomic E-state index is 11.6. The number of nitrogens with one attached hydrogen (secondary N) is 1. The van der Waals surface area contributed by atoms with Crippen LogP contribution in [0, 0.1) is 11.8 Å². The first-order valence-electron chi connectivity index (χ1n) is 4.91. The summed E-state index contributed by atoms with van der Waals surface area (Å²) in [6.45, 7) is 3.94. The Morgan fingerprint density at radius 3 is 2.43 bits per heavy atom. The predicted octanol–water partition coefficient (Wildman–Crippen LogP) is 0.862. The molecule has 78 valence electrons. The summed E-state index contributed by atoms with van der Waals surface area (Å²) in [7, 11) is 0. The van der Waals surface area contributed by atoms with Gasteiger partial charge in [0.1, 0.15) is 0 Å². The highest BCUT2D eigenvalue weighted by Crippen LogP contribution is 2.10. The Balaban J connectivity index is 2.46. The van der Waals surface area contributed by atoms with E-state index in [4.69, 9.17) is 5.11 Å². The molecule has 0 spiro atoms. The molecule has 3 nitrogen and oxygen atoms in total. The smallest absolute Gasteiger partial charge is 0.231 e. The SMILES string of the molecule is CC(C)[C@@H](CO)NC(=O)C1C=CC=C1. The van der Waals surface area contributed by atoms with E-state index in [1.54, 1.807) is 0 Å². The number of amides is 1. The van der Waals surface area contributed by atoms with Crippen LogP contribution >= 0.6 is 0 Å². The van der Waals surface area contributed by atoms with E-state index in [0.717, 1.165) is 0 Å². The van der Waals surface area contributed by atoms with Gasteiger partial charge in [-0.3, -0.25) is 4.79 Å². The fourth-order valence-electron chi connectivity index (χ4n) is 1.31. The number of carbonyl (C=O) groups is 1. The second-order valence-electron chi connectivity index (χ2n) is 3.84. The van der Waals surface area contributed by atoms with Crippen LogP contribution in [0.5, 0.6) is 0 Å². The lowest BCUT2D eigenvalue weighted by Crippen LogP contribution is -2.43. The van der Waals surface area contributed by atoms with E-state index in [1.807, 2.05) is 38.2 Å². The van der Waals surface area contributed by atoms with Gasteiger partial charge in [-0.05, 0) is 5.92 Å². The molecule has 3 heteroatoms. The summed E-state index contributed by atoms with van der Waals surface area (Å²) in [4.78, 5) is 11.6. The van der Waals surface area contributed by atoms with Gasteiger partial charge in [-0.1, -0.05) is 38.2 Å². The molecule has 0 fully saturated rings. The summed E-state index contributed by atoms with van der Waals surface area (Å²) in [5.41, 5.74) is 0. The molecule has 0 saturated carbocycles. The summed E-state index contributed by atoms with van der Waals surface area (Å²) < 4.78 is 0. The average Bonchev–Trinajstić information content (AvgIpc) is 2.65. The molecule has 1 aliphatic rings. The summed E-state index contributed by atoms with van der Waals surface area (Å²) in [5.74, 6) is 0.0452. The number of hydrogen-bond acceptors (Lipinski definition) is 2. The zero-order chi connectivity index (χ0) is 10.6. The molecule has 1 rings (SSSR count). The van der Waals surface area contributed by atoms with Crippen LogP contribution in [0.1, 0.15) is 13.8 Å². The second kappa shape index (κ2) is 4.96. The van der Waals surface area contributed by atoms with Crippen molar-refractivity contribution in [1.82, 2.24) is 5.32 Å². The van der Waals surface area contributed by atoms with E-state index in [9.17, 15) is 4.79 Å². The third-order valence-electron chi connectivity index (χ3n) is 2.38. The molecule has 0 bridgehead atoms. The summed E-state index contributed by atoms with van der Waals surface area (Å²) >= 11 is 0. The fourth-order valence-corrected chi connectivity index (χ4v) is 1.31. The lowest BCUT2D eigenvalue weighted by molar-refractivity contribution is -0.123. The Morgan fingerprint density at radius 1 is 1.43 bits per heavy atom. The molecule has 0 aromatic heterocycles. The number of aliphatic hydroxyl groups excluding tert-OH is 1. The normalized spacial score (nSPS) is 17.7. The molecule has 0 unspecified atom stereocenters. The minimum absolute atomic E-state index is 0.0104. The highest BCUT2D eigenvalue weighted by Gasteiger charge is 2.19. The molecule has 14 heavy (non-hydrogen) atoms. The van der Waals surface area contributed by atoms with Crippen molar-refractivity contribution in [2.75, 3.05) is 6.61 Å². The van der Waals surface area contributed by atoms with E-state index in [1.165, 1.54) is 0 Å². The number of allylic oxidation sites excluding steroid dienone is 2. The zero-order valence-electron chi connectivity index (χ0n) is 8.60. The van der Waals surface area contributed by atoms with E-state index in [-0.39, 0.29) is 30.4 Å². The molecular weight excluding hydrogens is 178 g/mol. The quantitative estimate of drug-likeness (QED) is 0.699. The molecule has 0 aliphatic heterocycles. The molecule has 0 radical (unpaired) electrons. The highest BCUT2D eigenvalue weighted by molar-refractivity contribution is 5.83. The van der Waals surface area contributed by atoms with Crippen LogP contribution in [0.4, 0.5) is 0 Å². The summed E-state index contributed by atoms with van der Waals surface area (Å²) in [6.07, 6.45) is 7.38. The predicted molar refractivity (Wildman–Crippen MR) is 55.6 cm³/mol. The van der Waals surface area contributed by atoms with Crippen molar-refractivity contribution in [1.29, 1.82) is 0 Å². The van der Waals surface area contributed by atoms with Crippen LogP contribution in [0.25, 0.3) is 0 Å². The van der Waals surface area contributed by atoms with Gasteiger partial charge in [0.2, 0.25) is 5.91 Å². The maximum Gasteiger partial charge on any atom is 0.231 e. The van der Waals surface area contributed by atoms with E-state index in [2.05, 4.69) is 5.32 Å². The summed E-state index contributed by atoms with van der Waals surface area (Å²) in [5, 5.41) is 11.9. The van der Waals surface area contributed by atoms with Crippen LogP contribution in [-0.4, -0.2) is 23.7 Å². The Morgan fingerprint density at radius 2 is 2.00 bits per heavy atom. The van der Waals surface area contributed by atoms with Gasteiger partial charge in [-0.25, -0.2) is 0 Å². The fraction of sp³-hybridized carbons (Fsp3) is 0.545. The lowest BCUT2D eigenvalue weighted by atomic mass is 10.0. The van der Waals surface area contributed by atoms with E-state index >= 15 is 0 Å². The third-order valence-corrected chi connectivity index (χ3v) is 2.38. The molecule has 0 saturated heterocycles.